The summed E-state index contributed by atoms with van der Waals surface area (Å²) in [4.78, 5) is 16.8. The molecule has 0 unspecified atom stereocenters. The van der Waals surface area contributed by atoms with E-state index in [1.54, 1.807) is 36.6 Å². The normalized spacial score (nSPS) is 10.6. The van der Waals surface area contributed by atoms with Crippen molar-refractivity contribution in [3.63, 3.8) is 0 Å². The van der Waals surface area contributed by atoms with Gasteiger partial charge in [0.2, 0.25) is 0 Å². The van der Waals surface area contributed by atoms with Crippen LogP contribution in [0, 0.1) is 6.92 Å². The molecule has 0 bridgehead atoms. The van der Waals surface area contributed by atoms with Gasteiger partial charge in [-0.3, -0.25) is 4.79 Å². The first-order chi connectivity index (χ1) is 12.6. The van der Waals surface area contributed by atoms with E-state index in [0.717, 1.165) is 42.8 Å². The number of rotatable bonds is 11. The zero-order chi connectivity index (χ0) is 18.8. The van der Waals surface area contributed by atoms with Crippen LogP contribution < -0.4 is 14.8 Å². The molecule has 142 valence electrons. The minimum absolute atomic E-state index is 0.0894. The number of carbonyl (C=O) groups is 1. The average Bonchev–Trinajstić information content (AvgIpc) is 3.06. The van der Waals surface area contributed by atoms with Gasteiger partial charge < -0.3 is 14.8 Å². The van der Waals surface area contributed by atoms with Gasteiger partial charge >= 0.3 is 0 Å². The van der Waals surface area contributed by atoms with Crippen molar-refractivity contribution in [3.8, 4) is 11.5 Å². The predicted molar refractivity (Wildman–Crippen MR) is 106 cm³/mol. The zero-order valence-electron chi connectivity index (χ0n) is 15.8. The van der Waals surface area contributed by atoms with Crippen molar-refractivity contribution in [2.45, 2.75) is 46.0 Å². The summed E-state index contributed by atoms with van der Waals surface area (Å²) in [5.74, 6) is 1.18. The Hall–Kier alpha value is -2.08. The lowest BCUT2D eigenvalue weighted by Crippen LogP contribution is -2.24. The molecule has 0 atom stereocenters. The molecule has 2 aromatic rings. The van der Waals surface area contributed by atoms with E-state index >= 15 is 0 Å². The van der Waals surface area contributed by atoms with Crippen LogP contribution in [0.2, 0.25) is 0 Å². The molecule has 5 nitrogen and oxygen atoms in total. The van der Waals surface area contributed by atoms with Crippen LogP contribution >= 0.6 is 11.3 Å². The molecule has 1 amide bonds. The smallest absolute Gasteiger partial charge is 0.251 e. The highest BCUT2D eigenvalue weighted by Crippen LogP contribution is 2.28. The van der Waals surface area contributed by atoms with Crippen molar-refractivity contribution in [1.82, 2.24) is 10.3 Å². The van der Waals surface area contributed by atoms with E-state index < -0.39 is 0 Å². The second-order valence-corrected chi connectivity index (χ2v) is 7.11. The predicted octanol–water partition coefficient (Wildman–Crippen LogP) is 4.39. The summed E-state index contributed by atoms with van der Waals surface area (Å²) in [7, 11) is 1.59. The lowest BCUT2D eigenvalue weighted by atomic mass is 10.1. The Kier molecular flexibility index (Phi) is 8.41. The van der Waals surface area contributed by atoms with E-state index in [2.05, 4.69) is 22.6 Å². The quantitative estimate of drug-likeness (QED) is 0.591. The average molecular weight is 377 g/mol. The summed E-state index contributed by atoms with van der Waals surface area (Å²) in [6.45, 7) is 5.43. The monoisotopic (exact) mass is 376 g/mol. The molecule has 1 heterocycles. The molecular formula is C20H28N2O3S. The summed E-state index contributed by atoms with van der Waals surface area (Å²) in [6, 6.07) is 5.31. The van der Waals surface area contributed by atoms with Gasteiger partial charge in [-0.2, -0.15) is 0 Å². The van der Waals surface area contributed by atoms with Crippen LogP contribution in [0.25, 0.3) is 0 Å². The molecule has 0 fully saturated rings. The number of aromatic nitrogens is 1. The summed E-state index contributed by atoms with van der Waals surface area (Å²) >= 11 is 1.70. The molecule has 26 heavy (non-hydrogen) atoms. The number of unbranched alkanes of at least 4 members (excludes halogenated alkanes) is 2. The minimum atomic E-state index is -0.0894. The number of ether oxygens (including phenoxy) is 2. The van der Waals surface area contributed by atoms with E-state index in [-0.39, 0.29) is 5.91 Å². The number of aryl methyl sites for hydroxylation is 2. The topological polar surface area (TPSA) is 60.5 Å². The van der Waals surface area contributed by atoms with Crippen molar-refractivity contribution in [2.75, 3.05) is 20.3 Å². The van der Waals surface area contributed by atoms with Gasteiger partial charge in [0.15, 0.2) is 11.5 Å². The van der Waals surface area contributed by atoms with Crippen LogP contribution in [0.15, 0.2) is 23.6 Å². The van der Waals surface area contributed by atoms with E-state index in [4.69, 9.17) is 9.47 Å². The SMILES string of the molecule is CCCCOc1ccc(C(=O)NCCCCc2nc(C)cs2)cc1OC. The lowest BCUT2D eigenvalue weighted by molar-refractivity contribution is 0.0952. The molecular weight excluding hydrogens is 348 g/mol. The molecule has 0 radical (unpaired) electrons. The van der Waals surface area contributed by atoms with Gasteiger partial charge in [0.25, 0.3) is 5.91 Å². The van der Waals surface area contributed by atoms with Crippen LogP contribution in [-0.2, 0) is 6.42 Å². The summed E-state index contributed by atoms with van der Waals surface area (Å²) in [5, 5.41) is 6.19. The van der Waals surface area contributed by atoms with Gasteiger partial charge in [-0.05, 0) is 50.8 Å². The van der Waals surface area contributed by atoms with E-state index in [9.17, 15) is 4.79 Å². The molecule has 0 saturated carbocycles. The molecule has 6 heteroatoms. The van der Waals surface area contributed by atoms with E-state index in [1.165, 1.54) is 0 Å². The van der Waals surface area contributed by atoms with Gasteiger partial charge in [-0.1, -0.05) is 13.3 Å². The Morgan fingerprint density at radius 2 is 2.08 bits per heavy atom. The number of carbonyl (C=O) groups excluding carboxylic acids is 1. The van der Waals surface area contributed by atoms with Crippen LogP contribution in [0.5, 0.6) is 11.5 Å². The Morgan fingerprint density at radius 1 is 1.23 bits per heavy atom. The molecule has 0 aliphatic carbocycles. The van der Waals surface area contributed by atoms with Gasteiger partial charge in [0.05, 0.1) is 18.7 Å². The third-order valence-electron chi connectivity index (χ3n) is 3.95. The van der Waals surface area contributed by atoms with Gasteiger partial charge in [-0.15, -0.1) is 11.3 Å². The number of thiazole rings is 1. The fourth-order valence-corrected chi connectivity index (χ4v) is 3.30. The van der Waals surface area contributed by atoms with Crippen LogP contribution in [0.3, 0.4) is 0 Å². The Morgan fingerprint density at radius 3 is 2.77 bits per heavy atom. The second-order valence-electron chi connectivity index (χ2n) is 6.16. The Balaban J connectivity index is 1.77. The first-order valence-corrected chi connectivity index (χ1v) is 10.0. The van der Waals surface area contributed by atoms with Crippen molar-refractivity contribution in [3.05, 3.63) is 39.8 Å². The molecule has 2 rings (SSSR count). The van der Waals surface area contributed by atoms with Crippen LogP contribution in [-0.4, -0.2) is 31.2 Å². The maximum absolute atomic E-state index is 12.3. The maximum atomic E-state index is 12.3. The molecule has 1 aromatic heterocycles. The summed E-state index contributed by atoms with van der Waals surface area (Å²) < 4.78 is 11.0. The highest BCUT2D eigenvalue weighted by molar-refractivity contribution is 7.09. The number of amides is 1. The number of methoxy groups -OCH3 is 1. The van der Waals surface area contributed by atoms with Crippen molar-refractivity contribution in [2.24, 2.45) is 0 Å². The number of nitrogens with zero attached hydrogens (tertiary/aromatic N) is 1. The zero-order valence-corrected chi connectivity index (χ0v) is 16.7. The second kappa shape index (κ2) is 10.8. The first kappa shape index (κ1) is 20.2. The van der Waals surface area contributed by atoms with Gasteiger partial charge in [0, 0.05) is 23.2 Å². The molecule has 0 spiro atoms. The highest BCUT2D eigenvalue weighted by Gasteiger charge is 2.11. The third kappa shape index (κ3) is 6.33. The largest absolute Gasteiger partial charge is 0.493 e. The summed E-state index contributed by atoms with van der Waals surface area (Å²) in [5.41, 5.74) is 1.66. The first-order valence-electron chi connectivity index (χ1n) is 9.14. The van der Waals surface area contributed by atoms with E-state index in [1.807, 2.05) is 6.92 Å². The van der Waals surface area contributed by atoms with Crippen LogP contribution in [0.1, 0.15) is 53.7 Å². The summed E-state index contributed by atoms with van der Waals surface area (Å²) in [6.07, 6.45) is 4.98. The minimum Gasteiger partial charge on any atom is -0.493 e. The highest BCUT2D eigenvalue weighted by atomic mass is 32.1. The van der Waals surface area contributed by atoms with Gasteiger partial charge in [0.1, 0.15) is 0 Å². The molecule has 1 N–H and O–H groups in total. The fourth-order valence-electron chi connectivity index (χ4n) is 2.48. The Bertz CT molecular complexity index is 700. The Labute approximate surface area is 159 Å². The third-order valence-corrected chi connectivity index (χ3v) is 4.98. The van der Waals surface area contributed by atoms with Crippen LogP contribution in [0.4, 0.5) is 0 Å². The molecule has 0 aliphatic rings. The van der Waals surface area contributed by atoms with E-state index in [0.29, 0.717) is 30.2 Å². The van der Waals surface area contributed by atoms with Crippen molar-refractivity contribution in [1.29, 1.82) is 0 Å². The molecule has 0 aliphatic heterocycles. The number of hydrogen-bond acceptors (Lipinski definition) is 5. The van der Waals surface area contributed by atoms with Crippen molar-refractivity contribution >= 4 is 17.2 Å². The van der Waals surface area contributed by atoms with Crippen molar-refractivity contribution < 1.29 is 14.3 Å². The van der Waals surface area contributed by atoms with Gasteiger partial charge in [-0.25, -0.2) is 4.98 Å². The lowest BCUT2D eigenvalue weighted by Gasteiger charge is -2.12. The number of benzene rings is 1. The standard InChI is InChI=1S/C20H28N2O3S/c1-4-5-12-25-17-10-9-16(13-18(17)24-3)20(23)21-11-7-6-8-19-22-15(2)14-26-19/h9-10,13-14H,4-8,11-12H2,1-3H3,(H,21,23). The fraction of sp³-hybridized carbons (Fsp3) is 0.500. The molecule has 0 saturated heterocycles. The molecule has 1 aromatic carbocycles. The number of hydrogen-bond donors (Lipinski definition) is 1. The maximum Gasteiger partial charge on any atom is 0.251 e. The number of nitrogens with one attached hydrogen (secondary N) is 1.